The molecule has 18 heavy (non-hydrogen) atoms. The number of aliphatic hydroxyl groups is 1. The molecule has 2 unspecified atom stereocenters. The van der Waals surface area contributed by atoms with Crippen molar-refractivity contribution in [3.05, 3.63) is 0 Å². The molecule has 0 fully saturated rings. The van der Waals surface area contributed by atoms with Gasteiger partial charge >= 0.3 is 0 Å². The van der Waals surface area contributed by atoms with Crippen LogP contribution < -0.4 is 0 Å². The molecular formula is C16H36O2. The summed E-state index contributed by atoms with van der Waals surface area (Å²) in [7, 11) is 0. The van der Waals surface area contributed by atoms with E-state index in [9.17, 15) is 0 Å². The average molecular weight is 260 g/mol. The second-order valence-corrected chi connectivity index (χ2v) is 5.88. The van der Waals surface area contributed by atoms with Crippen LogP contribution in [0, 0.1) is 17.8 Å². The van der Waals surface area contributed by atoms with Crippen molar-refractivity contribution >= 4 is 0 Å². The molecule has 0 heterocycles. The molecule has 2 atom stereocenters. The number of hydrogen-bond acceptors (Lipinski definition) is 2. The molecule has 112 valence electrons. The van der Waals surface area contributed by atoms with Gasteiger partial charge in [-0.2, -0.15) is 0 Å². The minimum atomic E-state index is 0. The van der Waals surface area contributed by atoms with E-state index < -0.39 is 0 Å². The molecule has 1 N–H and O–H groups in total. The summed E-state index contributed by atoms with van der Waals surface area (Å²) in [6.07, 6.45) is 6.49. The predicted octanol–water partition coefficient (Wildman–Crippen LogP) is 4.51. The Bertz CT molecular complexity index is 157. The van der Waals surface area contributed by atoms with E-state index >= 15 is 0 Å². The first-order valence-corrected chi connectivity index (χ1v) is 7.24. The number of ether oxygens (including phenoxy) is 1. The van der Waals surface area contributed by atoms with Crippen molar-refractivity contribution in [2.24, 2.45) is 17.8 Å². The van der Waals surface area contributed by atoms with Crippen LogP contribution in [0.1, 0.15) is 67.2 Å². The minimum Gasteiger partial charge on any atom is -0.394 e. The van der Waals surface area contributed by atoms with Crippen LogP contribution >= 0.6 is 0 Å². The van der Waals surface area contributed by atoms with Crippen LogP contribution in [-0.2, 0) is 4.74 Å². The molecule has 0 aromatic heterocycles. The fraction of sp³-hybridized carbons (Fsp3) is 1.00. The zero-order chi connectivity index (χ0) is 13.1. The molecule has 0 aliphatic rings. The molecule has 0 bridgehead atoms. The second-order valence-electron chi connectivity index (χ2n) is 5.88. The highest BCUT2D eigenvalue weighted by atomic mass is 16.5. The first-order valence-electron chi connectivity index (χ1n) is 7.24. The zero-order valence-corrected chi connectivity index (χ0v) is 12.2. The van der Waals surface area contributed by atoms with Crippen molar-refractivity contribution in [2.75, 3.05) is 19.8 Å². The van der Waals surface area contributed by atoms with E-state index in [0.29, 0.717) is 6.61 Å². The number of rotatable bonds is 11. The Hall–Kier alpha value is -0.0800. The fourth-order valence-electron chi connectivity index (χ4n) is 1.93. The van der Waals surface area contributed by atoms with Crippen molar-refractivity contribution in [1.82, 2.24) is 0 Å². The highest BCUT2D eigenvalue weighted by Gasteiger charge is 2.07. The molecule has 0 saturated heterocycles. The van der Waals surface area contributed by atoms with Gasteiger partial charge in [-0.25, -0.2) is 0 Å². The highest BCUT2D eigenvalue weighted by molar-refractivity contribution is 4.60. The van der Waals surface area contributed by atoms with E-state index in [2.05, 4.69) is 27.7 Å². The maximum Gasteiger partial charge on any atom is 0.0697 e. The SMILES string of the molecule is C.CC(C)CCC(C)CCC(C)CCOCCO. The van der Waals surface area contributed by atoms with Gasteiger partial charge in [0.15, 0.2) is 0 Å². The van der Waals surface area contributed by atoms with Crippen molar-refractivity contribution in [3.8, 4) is 0 Å². The van der Waals surface area contributed by atoms with Gasteiger partial charge in [-0.3, -0.25) is 0 Å². The van der Waals surface area contributed by atoms with Gasteiger partial charge in [0.1, 0.15) is 0 Å². The van der Waals surface area contributed by atoms with Gasteiger partial charge in [-0.15, -0.1) is 0 Å². The van der Waals surface area contributed by atoms with Gasteiger partial charge < -0.3 is 9.84 Å². The lowest BCUT2D eigenvalue weighted by atomic mass is 9.91. The molecule has 0 rings (SSSR count). The third-order valence-corrected chi connectivity index (χ3v) is 3.38. The Morgan fingerprint density at radius 2 is 1.28 bits per heavy atom. The molecule has 0 aliphatic heterocycles. The summed E-state index contributed by atoms with van der Waals surface area (Å²) in [5.41, 5.74) is 0. The van der Waals surface area contributed by atoms with Crippen LogP contribution in [0.2, 0.25) is 0 Å². The fourth-order valence-corrected chi connectivity index (χ4v) is 1.93. The lowest BCUT2D eigenvalue weighted by Gasteiger charge is -2.16. The predicted molar refractivity (Wildman–Crippen MR) is 80.9 cm³/mol. The first kappa shape index (κ1) is 20.2. The summed E-state index contributed by atoms with van der Waals surface area (Å²) >= 11 is 0. The molecule has 0 aromatic carbocycles. The average Bonchev–Trinajstić information content (AvgIpc) is 2.29. The van der Waals surface area contributed by atoms with Crippen molar-refractivity contribution in [2.45, 2.75) is 67.2 Å². The summed E-state index contributed by atoms with van der Waals surface area (Å²) in [4.78, 5) is 0. The first-order chi connectivity index (χ1) is 8.06. The molecule has 2 heteroatoms. The number of hydrogen-bond donors (Lipinski definition) is 1. The van der Waals surface area contributed by atoms with E-state index in [1.807, 2.05) is 0 Å². The lowest BCUT2D eigenvalue weighted by Crippen LogP contribution is -2.07. The summed E-state index contributed by atoms with van der Waals surface area (Å²) in [6, 6.07) is 0. The smallest absolute Gasteiger partial charge is 0.0697 e. The van der Waals surface area contributed by atoms with Crippen molar-refractivity contribution < 1.29 is 9.84 Å². The van der Waals surface area contributed by atoms with Crippen LogP contribution in [0.5, 0.6) is 0 Å². The Morgan fingerprint density at radius 1 is 0.778 bits per heavy atom. The zero-order valence-electron chi connectivity index (χ0n) is 12.2. The molecule has 0 radical (unpaired) electrons. The van der Waals surface area contributed by atoms with Gasteiger partial charge in [0.05, 0.1) is 13.2 Å². The summed E-state index contributed by atoms with van der Waals surface area (Å²) in [5, 5.41) is 8.59. The van der Waals surface area contributed by atoms with E-state index in [4.69, 9.17) is 9.84 Å². The van der Waals surface area contributed by atoms with E-state index in [0.717, 1.165) is 30.8 Å². The maximum absolute atomic E-state index is 8.59. The highest BCUT2D eigenvalue weighted by Crippen LogP contribution is 2.20. The quantitative estimate of drug-likeness (QED) is 0.554. The lowest BCUT2D eigenvalue weighted by molar-refractivity contribution is 0.0830. The largest absolute Gasteiger partial charge is 0.394 e. The van der Waals surface area contributed by atoms with Crippen LogP contribution in [0.3, 0.4) is 0 Å². The van der Waals surface area contributed by atoms with Gasteiger partial charge in [-0.05, 0) is 24.2 Å². The van der Waals surface area contributed by atoms with Crippen LogP contribution in [0.25, 0.3) is 0 Å². The third-order valence-electron chi connectivity index (χ3n) is 3.38. The molecular weight excluding hydrogens is 224 g/mol. The topological polar surface area (TPSA) is 29.5 Å². The molecule has 0 amide bonds. The Balaban J connectivity index is 0. The minimum absolute atomic E-state index is 0. The summed E-state index contributed by atoms with van der Waals surface area (Å²) in [6.45, 7) is 10.7. The van der Waals surface area contributed by atoms with Gasteiger partial charge in [-0.1, -0.05) is 60.8 Å². The summed E-state index contributed by atoms with van der Waals surface area (Å²) < 4.78 is 5.29. The van der Waals surface area contributed by atoms with E-state index in [1.54, 1.807) is 0 Å². The van der Waals surface area contributed by atoms with Gasteiger partial charge in [0.2, 0.25) is 0 Å². The van der Waals surface area contributed by atoms with Crippen LogP contribution in [0.15, 0.2) is 0 Å². The van der Waals surface area contributed by atoms with E-state index in [-0.39, 0.29) is 14.0 Å². The Labute approximate surface area is 115 Å². The molecule has 2 nitrogen and oxygen atoms in total. The summed E-state index contributed by atoms with van der Waals surface area (Å²) in [5.74, 6) is 2.44. The van der Waals surface area contributed by atoms with E-state index in [1.165, 1.54) is 25.7 Å². The van der Waals surface area contributed by atoms with Gasteiger partial charge in [0.25, 0.3) is 0 Å². The standard InChI is InChI=1S/C15H32O2.CH4/c1-13(2)5-6-14(3)7-8-15(4)9-11-17-12-10-16;/h13-16H,5-12H2,1-4H3;1H4. The normalized spacial score (nSPS) is 14.3. The van der Waals surface area contributed by atoms with Crippen LogP contribution in [0.4, 0.5) is 0 Å². The van der Waals surface area contributed by atoms with Crippen molar-refractivity contribution in [1.29, 1.82) is 0 Å². The Morgan fingerprint density at radius 3 is 1.78 bits per heavy atom. The molecule has 0 saturated carbocycles. The maximum atomic E-state index is 8.59. The molecule has 0 aliphatic carbocycles. The van der Waals surface area contributed by atoms with Gasteiger partial charge in [0, 0.05) is 6.61 Å². The number of aliphatic hydroxyl groups excluding tert-OH is 1. The molecule has 0 aromatic rings. The molecule has 0 spiro atoms. The van der Waals surface area contributed by atoms with Crippen molar-refractivity contribution in [3.63, 3.8) is 0 Å². The third kappa shape index (κ3) is 14.0. The van der Waals surface area contributed by atoms with Crippen LogP contribution in [-0.4, -0.2) is 24.9 Å². The second kappa shape index (κ2) is 13.4. The Kier molecular flexibility index (Phi) is 15.0. The monoisotopic (exact) mass is 260 g/mol.